The summed E-state index contributed by atoms with van der Waals surface area (Å²) in [6, 6.07) is 8.38. The molecule has 0 bridgehead atoms. The molecule has 0 saturated carbocycles. The van der Waals surface area contributed by atoms with E-state index in [2.05, 4.69) is 44.4 Å². The van der Waals surface area contributed by atoms with Crippen molar-refractivity contribution in [2.24, 2.45) is 11.8 Å². The summed E-state index contributed by atoms with van der Waals surface area (Å²) in [7, 11) is 0. The third-order valence-corrected chi connectivity index (χ3v) is 5.12. The lowest BCUT2D eigenvalue weighted by atomic mass is 9.91. The molecular weight excluding hydrogens is 336 g/mol. The van der Waals surface area contributed by atoms with Crippen molar-refractivity contribution in [3.8, 4) is 0 Å². The fourth-order valence-corrected chi connectivity index (χ4v) is 3.67. The molecule has 5 heteroatoms. The minimum Gasteiger partial charge on any atom is -0.459 e. The second kappa shape index (κ2) is 8.24. The molecule has 2 N–H and O–H groups in total. The van der Waals surface area contributed by atoms with E-state index in [4.69, 9.17) is 4.42 Å². The predicted molar refractivity (Wildman–Crippen MR) is 104 cm³/mol. The van der Waals surface area contributed by atoms with Gasteiger partial charge in [0.15, 0.2) is 0 Å². The maximum absolute atomic E-state index is 12.8. The number of carbonyl (C=O) groups excluding carboxylic acids is 1. The fourth-order valence-electron chi connectivity index (χ4n) is 3.67. The third-order valence-electron chi connectivity index (χ3n) is 5.12. The zero-order valence-electron chi connectivity index (χ0n) is 15.5. The SMILES string of the molecule is Cc1c(C(NC(=O)[C@H]2CCN[C@@H](C)C2)C(C)C)oc2ccccc12.Cl. The van der Waals surface area contributed by atoms with Crippen LogP contribution in [0.3, 0.4) is 0 Å². The van der Waals surface area contributed by atoms with E-state index in [0.29, 0.717) is 6.04 Å². The number of hydrogen-bond acceptors (Lipinski definition) is 3. The van der Waals surface area contributed by atoms with Crippen LogP contribution in [0.1, 0.15) is 51.0 Å². The van der Waals surface area contributed by atoms with Crippen LogP contribution in [0, 0.1) is 18.8 Å². The van der Waals surface area contributed by atoms with Crippen molar-refractivity contribution in [1.29, 1.82) is 0 Å². The van der Waals surface area contributed by atoms with Gasteiger partial charge in [0.1, 0.15) is 11.3 Å². The molecule has 1 saturated heterocycles. The van der Waals surface area contributed by atoms with E-state index in [1.165, 1.54) is 0 Å². The first kappa shape index (κ1) is 19.8. The lowest BCUT2D eigenvalue weighted by Crippen LogP contribution is -2.44. The van der Waals surface area contributed by atoms with Gasteiger partial charge in [0.05, 0.1) is 6.04 Å². The van der Waals surface area contributed by atoms with Crippen molar-refractivity contribution < 1.29 is 9.21 Å². The Morgan fingerprint density at radius 2 is 2.04 bits per heavy atom. The van der Waals surface area contributed by atoms with Crippen molar-refractivity contribution in [3.05, 3.63) is 35.6 Å². The van der Waals surface area contributed by atoms with E-state index in [-0.39, 0.29) is 36.2 Å². The Morgan fingerprint density at radius 3 is 2.68 bits per heavy atom. The summed E-state index contributed by atoms with van der Waals surface area (Å²) in [4.78, 5) is 12.8. The van der Waals surface area contributed by atoms with Crippen LogP contribution in [-0.2, 0) is 4.79 Å². The van der Waals surface area contributed by atoms with E-state index in [1.54, 1.807) is 0 Å². The van der Waals surface area contributed by atoms with Gasteiger partial charge >= 0.3 is 0 Å². The van der Waals surface area contributed by atoms with Gasteiger partial charge in [-0.25, -0.2) is 0 Å². The lowest BCUT2D eigenvalue weighted by molar-refractivity contribution is -0.127. The first-order chi connectivity index (χ1) is 11.5. The van der Waals surface area contributed by atoms with E-state index >= 15 is 0 Å². The molecule has 1 aliphatic heterocycles. The number of benzene rings is 1. The van der Waals surface area contributed by atoms with Gasteiger partial charge in [0.25, 0.3) is 0 Å². The molecule has 25 heavy (non-hydrogen) atoms. The summed E-state index contributed by atoms with van der Waals surface area (Å²) in [6.45, 7) is 9.39. The molecule has 1 aromatic heterocycles. The number of amides is 1. The monoisotopic (exact) mass is 364 g/mol. The average molecular weight is 365 g/mol. The molecule has 2 aromatic rings. The molecule has 1 amide bonds. The van der Waals surface area contributed by atoms with Crippen molar-refractivity contribution in [3.63, 3.8) is 0 Å². The summed E-state index contributed by atoms with van der Waals surface area (Å²) in [6.07, 6.45) is 1.80. The first-order valence-electron chi connectivity index (χ1n) is 8.99. The standard InChI is InChI=1S/C20H28N2O2.ClH/c1-12(2)18(22-20(23)15-9-10-21-13(3)11-15)19-14(4)16-7-5-6-8-17(16)24-19;/h5-8,12-13,15,18,21H,9-11H2,1-4H3,(H,22,23);1H/t13-,15-,18?;/m0./s1. The summed E-state index contributed by atoms with van der Waals surface area (Å²) < 4.78 is 6.10. The Balaban J connectivity index is 0.00000225. The molecule has 0 radical (unpaired) electrons. The molecular formula is C20H29ClN2O2. The summed E-state index contributed by atoms with van der Waals surface area (Å²) in [5.74, 6) is 1.41. The molecule has 138 valence electrons. The number of piperidine rings is 1. The second-order valence-electron chi connectivity index (χ2n) is 7.39. The van der Waals surface area contributed by atoms with Gasteiger partial charge in [-0.3, -0.25) is 4.79 Å². The van der Waals surface area contributed by atoms with E-state index in [1.807, 2.05) is 18.2 Å². The van der Waals surface area contributed by atoms with Gasteiger partial charge in [0, 0.05) is 22.9 Å². The van der Waals surface area contributed by atoms with Gasteiger partial charge < -0.3 is 15.1 Å². The van der Waals surface area contributed by atoms with Crippen LogP contribution < -0.4 is 10.6 Å². The van der Waals surface area contributed by atoms with E-state index in [9.17, 15) is 4.79 Å². The number of hydrogen-bond donors (Lipinski definition) is 2. The van der Waals surface area contributed by atoms with Gasteiger partial charge in [-0.2, -0.15) is 0 Å². The minimum absolute atomic E-state index is 0. The zero-order chi connectivity index (χ0) is 17.3. The maximum atomic E-state index is 12.8. The zero-order valence-corrected chi connectivity index (χ0v) is 16.3. The molecule has 4 nitrogen and oxygen atoms in total. The molecule has 3 atom stereocenters. The molecule has 0 aliphatic carbocycles. The van der Waals surface area contributed by atoms with Gasteiger partial charge in [-0.1, -0.05) is 32.0 Å². The van der Waals surface area contributed by atoms with Crippen LogP contribution in [0.5, 0.6) is 0 Å². The molecule has 1 aliphatic rings. The molecule has 3 rings (SSSR count). The van der Waals surface area contributed by atoms with Crippen molar-refractivity contribution >= 4 is 29.3 Å². The number of halogens is 1. The Labute approximate surface area is 156 Å². The Kier molecular flexibility index (Phi) is 6.53. The number of carbonyl (C=O) groups is 1. The van der Waals surface area contributed by atoms with Gasteiger partial charge in [-0.05, 0) is 45.2 Å². The number of rotatable bonds is 4. The number of furan rings is 1. The Morgan fingerprint density at radius 1 is 1.32 bits per heavy atom. The largest absolute Gasteiger partial charge is 0.459 e. The fraction of sp³-hybridized carbons (Fsp3) is 0.550. The third kappa shape index (κ3) is 4.18. The topological polar surface area (TPSA) is 54.3 Å². The van der Waals surface area contributed by atoms with E-state index in [0.717, 1.165) is 41.7 Å². The molecule has 1 fully saturated rings. The average Bonchev–Trinajstić information content (AvgIpc) is 2.89. The second-order valence-corrected chi connectivity index (χ2v) is 7.39. The highest BCUT2D eigenvalue weighted by molar-refractivity contribution is 5.85. The van der Waals surface area contributed by atoms with Gasteiger partial charge in [0.2, 0.25) is 5.91 Å². The minimum atomic E-state index is -0.0879. The summed E-state index contributed by atoms with van der Waals surface area (Å²) >= 11 is 0. The summed E-state index contributed by atoms with van der Waals surface area (Å²) in [5, 5.41) is 7.79. The van der Waals surface area contributed by atoms with Crippen LogP contribution in [0.15, 0.2) is 28.7 Å². The highest BCUT2D eigenvalue weighted by Gasteiger charge is 2.30. The lowest BCUT2D eigenvalue weighted by Gasteiger charge is -2.29. The number of aryl methyl sites for hydroxylation is 1. The number of fused-ring (bicyclic) bond motifs is 1. The normalized spacial score (nSPS) is 21.8. The van der Waals surface area contributed by atoms with Crippen LogP contribution in [0.4, 0.5) is 0 Å². The number of nitrogens with one attached hydrogen (secondary N) is 2. The highest BCUT2D eigenvalue weighted by Crippen LogP contribution is 2.33. The smallest absolute Gasteiger partial charge is 0.223 e. The molecule has 2 heterocycles. The maximum Gasteiger partial charge on any atom is 0.223 e. The first-order valence-corrected chi connectivity index (χ1v) is 8.99. The van der Waals surface area contributed by atoms with Gasteiger partial charge in [-0.15, -0.1) is 12.4 Å². The van der Waals surface area contributed by atoms with Crippen molar-refractivity contribution in [1.82, 2.24) is 10.6 Å². The van der Waals surface area contributed by atoms with E-state index < -0.39 is 0 Å². The molecule has 1 unspecified atom stereocenters. The Hall–Kier alpha value is -1.52. The van der Waals surface area contributed by atoms with Crippen molar-refractivity contribution in [2.45, 2.75) is 52.6 Å². The molecule has 0 spiro atoms. The number of para-hydroxylation sites is 1. The van der Waals surface area contributed by atoms with Crippen LogP contribution in [0.25, 0.3) is 11.0 Å². The molecule has 1 aromatic carbocycles. The quantitative estimate of drug-likeness (QED) is 0.847. The highest BCUT2D eigenvalue weighted by atomic mass is 35.5. The van der Waals surface area contributed by atoms with Crippen LogP contribution >= 0.6 is 12.4 Å². The van der Waals surface area contributed by atoms with Crippen LogP contribution in [0.2, 0.25) is 0 Å². The van der Waals surface area contributed by atoms with Crippen molar-refractivity contribution in [2.75, 3.05) is 6.54 Å². The summed E-state index contributed by atoms with van der Waals surface area (Å²) in [5.41, 5.74) is 2.02. The van der Waals surface area contributed by atoms with Crippen LogP contribution in [-0.4, -0.2) is 18.5 Å². The predicted octanol–water partition coefficient (Wildman–Crippen LogP) is 4.36. The Bertz CT molecular complexity index is 726.